The normalized spacial score (nSPS) is 10.4. The monoisotopic (exact) mass is 354 g/mol. The summed E-state index contributed by atoms with van der Waals surface area (Å²) in [7, 11) is 3.01. The summed E-state index contributed by atoms with van der Waals surface area (Å²) in [4.78, 5) is 11.9. The molecule has 0 aliphatic rings. The van der Waals surface area contributed by atoms with E-state index in [4.69, 9.17) is 14.2 Å². The molecule has 1 aromatic heterocycles. The van der Waals surface area contributed by atoms with Crippen molar-refractivity contribution >= 4 is 5.97 Å². The van der Waals surface area contributed by atoms with Crippen molar-refractivity contribution in [2.75, 3.05) is 7.11 Å². The molecule has 0 saturated carbocycles. The molecule has 2 aromatic carbocycles. The predicted octanol–water partition coefficient (Wildman–Crippen LogP) is 3.81. The molecule has 0 spiro atoms. The maximum absolute atomic E-state index is 11.9. The number of aromatic nitrogens is 2. The van der Waals surface area contributed by atoms with Crippen LogP contribution in [0.5, 0.6) is 28.9 Å². The molecule has 0 amide bonds. The van der Waals surface area contributed by atoms with Gasteiger partial charge in [-0.1, -0.05) is 0 Å². The van der Waals surface area contributed by atoms with Crippen molar-refractivity contribution in [2.24, 2.45) is 7.05 Å². The van der Waals surface area contributed by atoms with Gasteiger partial charge in [0.1, 0.15) is 28.6 Å². The Balaban J connectivity index is 1.78. The molecule has 26 heavy (non-hydrogen) atoms. The SMILES string of the molecule is COC(=O)c1c(C)nn(C)c1Oc1ccc(Oc2ccc(O)cc2)cc1. The average Bonchev–Trinajstić information content (AvgIpc) is 2.91. The molecule has 0 saturated heterocycles. The number of rotatable bonds is 5. The maximum atomic E-state index is 11.9. The van der Waals surface area contributed by atoms with Crippen molar-refractivity contribution in [3.05, 3.63) is 59.8 Å². The fourth-order valence-corrected chi connectivity index (χ4v) is 2.43. The number of methoxy groups -OCH3 is 1. The number of phenolic OH excluding ortho intramolecular Hbond substituents is 1. The Morgan fingerprint density at radius 1 is 0.962 bits per heavy atom. The van der Waals surface area contributed by atoms with E-state index in [1.54, 1.807) is 62.5 Å². The lowest BCUT2D eigenvalue weighted by Gasteiger charge is -2.09. The number of phenols is 1. The second kappa shape index (κ2) is 7.18. The standard InChI is InChI=1S/C19H18N2O5/c1-12-17(19(23)24-3)18(21(2)20-12)26-16-10-8-15(9-11-16)25-14-6-4-13(22)5-7-14/h4-11,22H,1-3H3. The summed E-state index contributed by atoms with van der Waals surface area (Å²) in [6, 6.07) is 13.4. The van der Waals surface area contributed by atoms with Crippen molar-refractivity contribution in [3.63, 3.8) is 0 Å². The molecule has 7 nitrogen and oxygen atoms in total. The molecular weight excluding hydrogens is 336 g/mol. The molecule has 0 unspecified atom stereocenters. The Bertz CT molecular complexity index is 914. The molecule has 0 bridgehead atoms. The first-order chi connectivity index (χ1) is 12.5. The number of esters is 1. The van der Waals surface area contributed by atoms with E-state index in [9.17, 15) is 9.90 Å². The van der Waals surface area contributed by atoms with Gasteiger partial charge >= 0.3 is 5.97 Å². The first kappa shape index (κ1) is 17.3. The summed E-state index contributed by atoms with van der Waals surface area (Å²) in [6.45, 7) is 1.72. The van der Waals surface area contributed by atoms with Crippen LogP contribution < -0.4 is 9.47 Å². The minimum Gasteiger partial charge on any atom is -0.508 e. The van der Waals surface area contributed by atoms with Crippen molar-refractivity contribution in [1.82, 2.24) is 9.78 Å². The molecule has 0 aliphatic heterocycles. The minimum absolute atomic E-state index is 0.175. The van der Waals surface area contributed by atoms with Crippen LogP contribution in [0.4, 0.5) is 0 Å². The van der Waals surface area contributed by atoms with Gasteiger partial charge in [-0.15, -0.1) is 0 Å². The van der Waals surface area contributed by atoms with Gasteiger partial charge in [0.2, 0.25) is 5.88 Å². The number of hydrogen-bond donors (Lipinski definition) is 1. The molecule has 0 radical (unpaired) electrons. The number of ether oxygens (including phenoxy) is 3. The van der Waals surface area contributed by atoms with Gasteiger partial charge < -0.3 is 19.3 Å². The molecule has 7 heteroatoms. The molecule has 1 heterocycles. The zero-order valence-electron chi connectivity index (χ0n) is 14.6. The fourth-order valence-electron chi connectivity index (χ4n) is 2.43. The van der Waals surface area contributed by atoms with E-state index < -0.39 is 5.97 Å². The molecular formula is C19H18N2O5. The first-order valence-corrected chi connectivity index (χ1v) is 7.84. The number of benzene rings is 2. The largest absolute Gasteiger partial charge is 0.508 e. The lowest BCUT2D eigenvalue weighted by molar-refractivity contribution is 0.0596. The maximum Gasteiger partial charge on any atom is 0.345 e. The summed E-state index contributed by atoms with van der Waals surface area (Å²) in [5.41, 5.74) is 0.820. The van der Waals surface area contributed by atoms with Crippen molar-refractivity contribution in [2.45, 2.75) is 6.92 Å². The van der Waals surface area contributed by atoms with E-state index >= 15 is 0 Å². The van der Waals surface area contributed by atoms with Crippen molar-refractivity contribution < 1.29 is 24.1 Å². The molecule has 3 rings (SSSR count). The third kappa shape index (κ3) is 3.61. The third-order valence-corrected chi connectivity index (χ3v) is 3.67. The number of carbonyl (C=O) groups is 1. The van der Waals surface area contributed by atoms with Crippen LogP contribution in [0.25, 0.3) is 0 Å². The van der Waals surface area contributed by atoms with E-state index in [0.717, 1.165) is 0 Å². The lowest BCUT2D eigenvalue weighted by atomic mass is 10.2. The van der Waals surface area contributed by atoms with E-state index in [2.05, 4.69) is 5.10 Å². The molecule has 0 atom stereocenters. The van der Waals surface area contributed by atoms with Crippen LogP contribution in [-0.4, -0.2) is 28.0 Å². The zero-order chi connectivity index (χ0) is 18.7. The summed E-state index contributed by atoms with van der Waals surface area (Å²) in [5.74, 6) is 1.72. The first-order valence-electron chi connectivity index (χ1n) is 7.84. The van der Waals surface area contributed by atoms with Crippen LogP contribution in [0.3, 0.4) is 0 Å². The number of aromatic hydroxyl groups is 1. The number of nitrogens with zero attached hydrogens (tertiary/aromatic N) is 2. The van der Waals surface area contributed by atoms with Gasteiger partial charge in [-0.25, -0.2) is 9.48 Å². The van der Waals surface area contributed by atoms with Gasteiger partial charge in [0.05, 0.1) is 12.8 Å². The van der Waals surface area contributed by atoms with Gasteiger partial charge in [-0.05, 0) is 55.5 Å². The molecule has 134 valence electrons. The van der Waals surface area contributed by atoms with Gasteiger partial charge in [0.25, 0.3) is 0 Å². The highest BCUT2D eigenvalue weighted by Crippen LogP contribution is 2.30. The summed E-state index contributed by atoms with van der Waals surface area (Å²) in [6.07, 6.45) is 0. The highest BCUT2D eigenvalue weighted by Gasteiger charge is 2.23. The Hall–Kier alpha value is -3.48. The van der Waals surface area contributed by atoms with Crippen molar-refractivity contribution in [1.29, 1.82) is 0 Å². The number of aryl methyl sites for hydroxylation is 2. The van der Waals surface area contributed by atoms with E-state index in [1.165, 1.54) is 11.8 Å². The zero-order valence-corrected chi connectivity index (χ0v) is 14.6. The van der Waals surface area contributed by atoms with E-state index in [1.807, 2.05) is 0 Å². The summed E-state index contributed by atoms with van der Waals surface area (Å²) >= 11 is 0. The van der Waals surface area contributed by atoms with Crippen LogP contribution in [0.2, 0.25) is 0 Å². The van der Waals surface area contributed by atoms with Crippen LogP contribution in [0.1, 0.15) is 16.1 Å². The van der Waals surface area contributed by atoms with Crippen LogP contribution in [0.15, 0.2) is 48.5 Å². The number of carbonyl (C=O) groups excluding carboxylic acids is 1. The van der Waals surface area contributed by atoms with Gasteiger partial charge in [0, 0.05) is 7.05 Å². The second-order valence-electron chi connectivity index (χ2n) is 5.55. The minimum atomic E-state index is -0.502. The van der Waals surface area contributed by atoms with Gasteiger partial charge in [-0.2, -0.15) is 5.10 Å². The lowest BCUT2D eigenvalue weighted by Crippen LogP contribution is -2.05. The quantitative estimate of drug-likeness (QED) is 0.702. The molecule has 0 fully saturated rings. The van der Waals surface area contributed by atoms with Crippen LogP contribution in [0, 0.1) is 6.92 Å². The van der Waals surface area contributed by atoms with E-state index in [-0.39, 0.29) is 5.75 Å². The van der Waals surface area contributed by atoms with Crippen LogP contribution in [-0.2, 0) is 11.8 Å². The highest BCUT2D eigenvalue weighted by atomic mass is 16.5. The van der Waals surface area contributed by atoms with E-state index in [0.29, 0.717) is 34.4 Å². The molecule has 3 aromatic rings. The Kier molecular flexibility index (Phi) is 4.79. The predicted molar refractivity (Wildman–Crippen MR) is 94.0 cm³/mol. The van der Waals surface area contributed by atoms with Gasteiger partial charge in [-0.3, -0.25) is 0 Å². The summed E-state index contributed by atoms with van der Waals surface area (Å²) < 4.78 is 17.8. The highest BCUT2D eigenvalue weighted by molar-refractivity contribution is 5.93. The Labute approximate surface area is 150 Å². The molecule has 1 N–H and O–H groups in total. The second-order valence-corrected chi connectivity index (χ2v) is 5.55. The van der Waals surface area contributed by atoms with Crippen molar-refractivity contribution in [3.8, 4) is 28.9 Å². The smallest absolute Gasteiger partial charge is 0.345 e. The van der Waals surface area contributed by atoms with Gasteiger partial charge in [0.15, 0.2) is 0 Å². The summed E-state index contributed by atoms with van der Waals surface area (Å²) in [5, 5.41) is 13.5. The Morgan fingerprint density at radius 2 is 1.46 bits per heavy atom. The topological polar surface area (TPSA) is 82.8 Å². The third-order valence-electron chi connectivity index (χ3n) is 3.67. The average molecular weight is 354 g/mol. The Morgan fingerprint density at radius 3 is 2.00 bits per heavy atom. The number of hydrogen-bond acceptors (Lipinski definition) is 6. The van der Waals surface area contributed by atoms with Crippen LogP contribution >= 0.6 is 0 Å². The fraction of sp³-hybridized carbons (Fsp3) is 0.158. The molecule has 0 aliphatic carbocycles.